The van der Waals surface area contributed by atoms with Crippen molar-refractivity contribution in [3.8, 4) is 0 Å². The van der Waals surface area contributed by atoms with Gasteiger partial charge in [-0.05, 0) is 18.1 Å². The zero-order chi connectivity index (χ0) is 17.6. The molecule has 2 aromatic rings. The van der Waals surface area contributed by atoms with E-state index in [2.05, 4.69) is 15.4 Å². The Bertz CT molecular complexity index is 775. The van der Waals surface area contributed by atoms with Crippen LogP contribution in [-0.4, -0.2) is 52.2 Å². The molecular weight excluding hydrogens is 326 g/mol. The smallest absolute Gasteiger partial charge is 0.325 e. The Morgan fingerprint density at radius 1 is 1.24 bits per heavy atom. The molecule has 0 aliphatic carbocycles. The minimum atomic E-state index is -0.673. The van der Waals surface area contributed by atoms with Crippen LogP contribution in [0.4, 0.5) is 5.69 Å². The minimum Gasteiger partial charge on any atom is -0.454 e. The summed E-state index contributed by atoms with van der Waals surface area (Å²) in [6, 6.07) is 7.63. The van der Waals surface area contributed by atoms with Crippen molar-refractivity contribution < 1.29 is 19.1 Å². The number of aromatic nitrogens is 3. The standard InChI is InChI=1S/C16H17N5O4/c22-14(8-20-11-17-10-19-20)18-7-16(24)25-9-15(23)21-6-5-12-3-1-2-4-13(12)21/h1-4,10-11H,5-9H2,(H,18,22). The molecule has 0 radical (unpaired) electrons. The molecule has 1 N–H and O–H groups in total. The van der Waals surface area contributed by atoms with Crippen LogP contribution in [-0.2, 0) is 32.1 Å². The highest BCUT2D eigenvalue weighted by Gasteiger charge is 2.24. The SMILES string of the molecule is O=C(Cn1cncn1)NCC(=O)OCC(=O)N1CCc2ccccc21. The number of rotatable bonds is 6. The predicted octanol–water partition coefficient (Wildman–Crippen LogP) is -0.473. The van der Waals surface area contributed by atoms with Gasteiger partial charge in [0, 0.05) is 12.2 Å². The number of nitrogens with one attached hydrogen (secondary N) is 1. The Balaban J connectivity index is 1.40. The largest absolute Gasteiger partial charge is 0.454 e. The van der Waals surface area contributed by atoms with E-state index in [1.807, 2.05) is 24.3 Å². The molecule has 2 heterocycles. The fourth-order valence-electron chi connectivity index (χ4n) is 2.56. The maximum atomic E-state index is 12.2. The third-order valence-electron chi connectivity index (χ3n) is 3.75. The first-order chi connectivity index (χ1) is 12.1. The molecule has 2 amide bonds. The maximum absolute atomic E-state index is 12.2. The van der Waals surface area contributed by atoms with E-state index in [1.54, 1.807) is 4.90 Å². The van der Waals surface area contributed by atoms with Crippen LogP contribution < -0.4 is 10.2 Å². The van der Waals surface area contributed by atoms with Gasteiger partial charge in [0.25, 0.3) is 5.91 Å². The number of anilines is 1. The van der Waals surface area contributed by atoms with Crippen molar-refractivity contribution in [3.05, 3.63) is 42.5 Å². The molecule has 1 aromatic heterocycles. The van der Waals surface area contributed by atoms with Gasteiger partial charge in [-0.2, -0.15) is 5.10 Å². The van der Waals surface area contributed by atoms with Crippen LogP contribution in [0.3, 0.4) is 0 Å². The quantitative estimate of drug-likeness (QED) is 0.711. The normalized spacial score (nSPS) is 12.6. The second kappa shape index (κ2) is 7.56. The third kappa shape index (κ3) is 4.19. The van der Waals surface area contributed by atoms with Crippen molar-refractivity contribution in [2.45, 2.75) is 13.0 Å². The Labute approximate surface area is 143 Å². The van der Waals surface area contributed by atoms with Gasteiger partial charge >= 0.3 is 5.97 Å². The molecule has 0 saturated carbocycles. The van der Waals surface area contributed by atoms with Crippen molar-refractivity contribution in [2.24, 2.45) is 0 Å². The van der Waals surface area contributed by atoms with Gasteiger partial charge in [0.1, 0.15) is 25.7 Å². The first-order valence-corrected chi connectivity index (χ1v) is 7.76. The number of benzene rings is 1. The van der Waals surface area contributed by atoms with E-state index in [0.29, 0.717) is 6.54 Å². The lowest BCUT2D eigenvalue weighted by molar-refractivity contribution is -0.147. The van der Waals surface area contributed by atoms with E-state index in [0.717, 1.165) is 17.7 Å². The predicted molar refractivity (Wildman–Crippen MR) is 86.5 cm³/mol. The zero-order valence-electron chi connectivity index (χ0n) is 13.4. The van der Waals surface area contributed by atoms with Crippen LogP contribution in [0, 0.1) is 0 Å². The van der Waals surface area contributed by atoms with Crippen molar-refractivity contribution in [1.29, 1.82) is 0 Å². The van der Waals surface area contributed by atoms with Crippen LogP contribution in [0.15, 0.2) is 36.9 Å². The molecule has 1 aliphatic rings. The lowest BCUT2D eigenvalue weighted by Gasteiger charge is -2.17. The fraction of sp³-hybridized carbons (Fsp3) is 0.312. The molecule has 0 unspecified atom stereocenters. The van der Waals surface area contributed by atoms with E-state index < -0.39 is 11.9 Å². The average Bonchev–Trinajstić information content (AvgIpc) is 3.27. The molecule has 0 saturated heterocycles. The molecule has 0 bridgehead atoms. The monoisotopic (exact) mass is 343 g/mol. The number of carbonyl (C=O) groups excluding carboxylic acids is 3. The Morgan fingerprint density at radius 2 is 2.08 bits per heavy atom. The fourth-order valence-corrected chi connectivity index (χ4v) is 2.56. The molecule has 1 aromatic carbocycles. The third-order valence-corrected chi connectivity index (χ3v) is 3.75. The van der Waals surface area contributed by atoms with Gasteiger partial charge in [-0.15, -0.1) is 0 Å². The van der Waals surface area contributed by atoms with Crippen molar-refractivity contribution in [2.75, 3.05) is 24.6 Å². The van der Waals surface area contributed by atoms with Crippen LogP contribution in [0.2, 0.25) is 0 Å². The number of fused-ring (bicyclic) bond motifs is 1. The molecule has 1 aliphatic heterocycles. The van der Waals surface area contributed by atoms with Gasteiger partial charge in [0.05, 0.1) is 0 Å². The van der Waals surface area contributed by atoms with Crippen LogP contribution >= 0.6 is 0 Å². The minimum absolute atomic E-state index is 0.0449. The Kier molecular flexibility index (Phi) is 5.03. The molecule has 3 rings (SSSR count). The van der Waals surface area contributed by atoms with Crippen LogP contribution in [0.1, 0.15) is 5.56 Å². The molecule has 0 spiro atoms. The number of para-hydroxylation sites is 1. The molecular formula is C16H17N5O4. The number of nitrogens with zero attached hydrogens (tertiary/aromatic N) is 4. The lowest BCUT2D eigenvalue weighted by Crippen LogP contribution is -2.36. The van der Waals surface area contributed by atoms with Crippen molar-refractivity contribution >= 4 is 23.5 Å². The van der Waals surface area contributed by atoms with Gasteiger partial charge in [-0.1, -0.05) is 18.2 Å². The molecule has 0 atom stereocenters. The summed E-state index contributed by atoms with van der Waals surface area (Å²) >= 11 is 0. The van der Waals surface area contributed by atoms with Gasteiger partial charge in [0.2, 0.25) is 5.91 Å². The highest BCUT2D eigenvalue weighted by atomic mass is 16.5. The van der Waals surface area contributed by atoms with E-state index in [-0.39, 0.29) is 25.6 Å². The lowest BCUT2D eigenvalue weighted by atomic mass is 10.2. The van der Waals surface area contributed by atoms with E-state index in [4.69, 9.17) is 4.74 Å². The average molecular weight is 343 g/mol. The number of carbonyl (C=O) groups is 3. The summed E-state index contributed by atoms with van der Waals surface area (Å²) < 4.78 is 6.27. The number of esters is 1. The molecule has 9 heteroatoms. The van der Waals surface area contributed by atoms with Gasteiger partial charge in [-0.25, -0.2) is 9.67 Å². The molecule has 25 heavy (non-hydrogen) atoms. The van der Waals surface area contributed by atoms with Gasteiger partial charge < -0.3 is 15.0 Å². The maximum Gasteiger partial charge on any atom is 0.325 e. The molecule has 9 nitrogen and oxygen atoms in total. The number of hydrogen-bond acceptors (Lipinski definition) is 6. The van der Waals surface area contributed by atoms with E-state index in [1.165, 1.54) is 17.3 Å². The summed E-state index contributed by atoms with van der Waals surface area (Å²) in [6.45, 7) is -0.134. The second-order valence-corrected chi connectivity index (χ2v) is 5.45. The number of ether oxygens (including phenoxy) is 1. The van der Waals surface area contributed by atoms with Crippen LogP contribution in [0.5, 0.6) is 0 Å². The van der Waals surface area contributed by atoms with Crippen molar-refractivity contribution in [1.82, 2.24) is 20.1 Å². The summed E-state index contributed by atoms with van der Waals surface area (Å²) in [7, 11) is 0. The summed E-state index contributed by atoms with van der Waals surface area (Å²) in [5.74, 6) is -1.36. The molecule has 130 valence electrons. The van der Waals surface area contributed by atoms with Gasteiger partial charge in [-0.3, -0.25) is 14.4 Å². The summed E-state index contributed by atoms with van der Waals surface area (Å²) in [6.07, 6.45) is 3.49. The Hall–Kier alpha value is -3.23. The first-order valence-electron chi connectivity index (χ1n) is 7.76. The topological polar surface area (TPSA) is 106 Å². The molecule has 0 fully saturated rings. The summed E-state index contributed by atoms with van der Waals surface area (Å²) in [5, 5.41) is 6.19. The number of amides is 2. The van der Waals surface area contributed by atoms with Gasteiger partial charge in [0.15, 0.2) is 6.61 Å². The van der Waals surface area contributed by atoms with E-state index in [9.17, 15) is 14.4 Å². The van der Waals surface area contributed by atoms with E-state index >= 15 is 0 Å². The summed E-state index contributed by atoms with van der Waals surface area (Å²) in [4.78, 5) is 40.8. The Morgan fingerprint density at radius 3 is 2.88 bits per heavy atom. The van der Waals surface area contributed by atoms with Crippen LogP contribution in [0.25, 0.3) is 0 Å². The second-order valence-electron chi connectivity index (χ2n) is 5.45. The first kappa shape index (κ1) is 16.6. The zero-order valence-corrected chi connectivity index (χ0v) is 13.4. The summed E-state index contributed by atoms with van der Waals surface area (Å²) in [5.41, 5.74) is 1.95. The highest BCUT2D eigenvalue weighted by Crippen LogP contribution is 2.27. The number of hydrogen-bond donors (Lipinski definition) is 1. The highest BCUT2D eigenvalue weighted by molar-refractivity contribution is 5.97. The van der Waals surface area contributed by atoms with Crippen molar-refractivity contribution in [3.63, 3.8) is 0 Å².